The molecule has 0 unspecified atom stereocenters. The van der Waals surface area contributed by atoms with Crippen LogP contribution in [0, 0.1) is 0 Å². The number of aromatic nitrogens is 5. The zero-order chi connectivity index (χ0) is 33.5. The van der Waals surface area contributed by atoms with Crippen LogP contribution in [0.2, 0.25) is 0 Å². The van der Waals surface area contributed by atoms with Gasteiger partial charge in [-0.3, -0.25) is 9.97 Å². The fraction of sp³-hybridized carbons (Fsp3) is 0. The lowest BCUT2D eigenvalue weighted by Gasteiger charge is -2.15. The van der Waals surface area contributed by atoms with Gasteiger partial charge in [-0.25, -0.2) is 9.97 Å². The van der Waals surface area contributed by atoms with E-state index < -0.39 is 0 Å². The van der Waals surface area contributed by atoms with Crippen LogP contribution in [0.1, 0.15) is 0 Å². The topological polar surface area (TPSA) is 56.5 Å². The molecule has 51 heavy (non-hydrogen) atoms. The van der Waals surface area contributed by atoms with Gasteiger partial charge in [0.05, 0.1) is 50.2 Å². The van der Waals surface area contributed by atoms with Crippen molar-refractivity contribution in [3.63, 3.8) is 0 Å². The standard InChI is InChI=1S/C46H27N5/c1-5-15-38-28(9-1)17-20-40(49-38)30-19-22-42-36(25-30)37-27-35(41-21-18-29-10-2-6-16-39(29)50-41)32-12-3-4-13-33(32)46(37)51(42)43-26-31-11-7-23-47-44(31)45-34(43)14-8-24-48-45/h1-27H. The van der Waals surface area contributed by atoms with E-state index >= 15 is 0 Å². The predicted molar refractivity (Wildman–Crippen MR) is 210 cm³/mol. The highest BCUT2D eigenvalue weighted by Crippen LogP contribution is 2.43. The Hall–Kier alpha value is -6.98. The maximum atomic E-state index is 5.18. The summed E-state index contributed by atoms with van der Waals surface area (Å²) >= 11 is 0. The molecule has 6 aromatic carbocycles. The average Bonchev–Trinajstić information content (AvgIpc) is 3.53. The predicted octanol–water partition coefficient (Wildman–Crippen LogP) is 11.5. The minimum absolute atomic E-state index is 0.888. The molecule has 5 heterocycles. The third kappa shape index (κ3) is 4.22. The fourth-order valence-electron chi connectivity index (χ4n) is 7.88. The SMILES string of the molecule is c1ccc2nc(-c3ccc4c(c3)c3cc(-c5ccc6ccccc6n5)c5ccccc5c3n4-c3cc4cccnc4c4ncccc34)ccc2c1. The Labute approximate surface area is 292 Å². The van der Waals surface area contributed by atoms with Gasteiger partial charge < -0.3 is 4.57 Å². The second-order valence-electron chi connectivity index (χ2n) is 13.1. The lowest BCUT2D eigenvalue weighted by Crippen LogP contribution is -1.98. The Morgan fingerprint density at radius 2 is 1.06 bits per heavy atom. The van der Waals surface area contributed by atoms with Gasteiger partial charge in [-0.1, -0.05) is 84.9 Å². The number of rotatable bonds is 3. The molecule has 0 radical (unpaired) electrons. The Kier molecular flexibility index (Phi) is 5.89. The van der Waals surface area contributed by atoms with Crippen molar-refractivity contribution in [1.29, 1.82) is 0 Å². The van der Waals surface area contributed by atoms with Gasteiger partial charge in [0.15, 0.2) is 0 Å². The molecule has 0 N–H and O–H groups in total. The monoisotopic (exact) mass is 649 g/mol. The average molecular weight is 650 g/mol. The minimum Gasteiger partial charge on any atom is -0.308 e. The number of hydrogen-bond acceptors (Lipinski definition) is 4. The molecule has 0 aliphatic carbocycles. The lowest BCUT2D eigenvalue weighted by molar-refractivity contribution is 1.20. The van der Waals surface area contributed by atoms with Crippen LogP contribution < -0.4 is 0 Å². The highest BCUT2D eigenvalue weighted by Gasteiger charge is 2.21. The summed E-state index contributed by atoms with van der Waals surface area (Å²) in [6, 6.07) is 53.6. The second kappa shape index (κ2) is 10.8. The van der Waals surface area contributed by atoms with E-state index in [9.17, 15) is 0 Å². The van der Waals surface area contributed by atoms with Gasteiger partial charge >= 0.3 is 0 Å². The summed E-state index contributed by atoms with van der Waals surface area (Å²) in [6.07, 6.45) is 3.70. The first-order valence-electron chi connectivity index (χ1n) is 17.1. The van der Waals surface area contributed by atoms with Crippen LogP contribution in [-0.2, 0) is 0 Å². The summed E-state index contributed by atoms with van der Waals surface area (Å²) in [7, 11) is 0. The molecule has 0 spiro atoms. The van der Waals surface area contributed by atoms with Gasteiger partial charge in [-0.05, 0) is 72.1 Å². The molecular formula is C46H27N5. The quantitative estimate of drug-likeness (QED) is 0.179. The normalized spacial score (nSPS) is 11.9. The van der Waals surface area contributed by atoms with Crippen molar-refractivity contribution in [1.82, 2.24) is 24.5 Å². The molecule has 0 saturated heterocycles. The van der Waals surface area contributed by atoms with E-state index in [2.05, 4.69) is 138 Å². The van der Waals surface area contributed by atoms with Crippen molar-refractivity contribution in [2.75, 3.05) is 0 Å². The van der Waals surface area contributed by atoms with Gasteiger partial charge in [0.2, 0.25) is 0 Å². The van der Waals surface area contributed by atoms with Gasteiger partial charge in [0, 0.05) is 61.2 Å². The van der Waals surface area contributed by atoms with Crippen molar-refractivity contribution >= 4 is 76.2 Å². The highest BCUT2D eigenvalue weighted by atomic mass is 15.0. The zero-order valence-corrected chi connectivity index (χ0v) is 27.3. The lowest BCUT2D eigenvalue weighted by atomic mass is 9.96. The van der Waals surface area contributed by atoms with Crippen LogP contribution in [0.25, 0.3) is 104 Å². The van der Waals surface area contributed by atoms with Gasteiger partial charge in [0.1, 0.15) is 0 Å². The molecule has 5 nitrogen and oxygen atoms in total. The fourth-order valence-corrected chi connectivity index (χ4v) is 7.88. The molecule has 11 aromatic rings. The zero-order valence-electron chi connectivity index (χ0n) is 27.3. The summed E-state index contributed by atoms with van der Waals surface area (Å²) in [6.45, 7) is 0. The van der Waals surface area contributed by atoms with Crippen LogP contribution in [0.3, 0.4) is 0 Å². The molecule has 0 atom stereocenters. The minimum atomic E-state index is 0.888. The number of pyridine rings is 4. The molecule has 0 fully saturated rings. The highest BCUT2D eigenvalue weighted by molar-refractivity contribution is 6.23. The molecule has 0 bridgehead atoms. The third-order valence-electron chi connectivity index (χ3n) is 10.2. The van der Waals surface area contributed by atoms with E-state index in [1.54, 1.807) is 0 Å². The Morgan fingerprint density at radius 3 is 1.88 bits per heavy atom. The van der Waals surface area contributed by atoms with Crippen LogP contribution in [0.4, 0.5) is 0 Å². The van der Waals surface area contributed by atoms with E-state index in [0.29, 0.717) is 0 Å². The molecule has 0 aliphatic rings. The molecule has 11 rings (SSSR count). The third-order valence-corrected chi connectivity index (χ3v) is 10.2. The van der Waals surface area contributed by atoms with Crippen molar-refractivity contribution < 1.29 is 0 Å². The number of para-hydroxylation sites is 2. The van der Waals surface area contributed by atoms with E-state index in [0.717, 1.165) is 104 Å². The first-order valence-corrected chi connectivity index (χ1v) is 17.1. The molecule has 5 aromatic heterocycles. The van der Waals surface area contributed by atoms with Gasteiger partial charge in [-0.2, -0.15) is 0 Å². The van der Waals surface area contributed by atoms with Crippen LogP contribution >= 0.6 is 0 Å². The maximum Gasteiger partial charge on any atom is 0.0985 e. The first-order chi connectivity index (χ1) is 25.3. The summed E-state index contributed by atoms with van der Waals surface area (Å²) in [5, 5.41) is 8.96. The maximum absolute atomic E-state index is 5.18. The van der Waals surface area contributed by atoms with E-state index in [4.69, 9.17) is 19.9 Å². The number of benzene rings is 6. The second-order valence-corrected chi connectivity index (χ2v) is 13.1. The number of nitrogens with zero attached hydrogens (tertiary/aromatic N) is 5. The summed E-state index contributed by atoms with van der Waals surface area (Å²) in [5.74, 6) is 0. The van der Waals surface area contributed by atoms with Crippen LogP contribution in [-0.4, -0.2) is 24.5 Å². The Bertz CT molecular complexity index is 3210. The molecule has 0 amide bonds. The van der Waals surface area contributed by atoms with E-state index in [1.165, 1.54) is 0 Å². The first kappa shape index (κ1) is 27.9. The summed E-state index contributed by atoms with van der Waals surface area (Å²) < 4.78 is 2.43. The van der Waals surface area contributed by atoms with Gasteiger partial charge in [0.25, 0.3) is 0 Å². The largest absolute Gasteiger partial charge is 0.308 e. The number of fused-ring (bicyclic) bond motifs is 10. The van der Waals surface area contributed by atoms with Crippen LogP contribution in [0.15, 0.2) is 164 Å². The van der Waals surface area contributed by atoms with Crippen molar-refractivity contribution in [2.24, 2.45) is 0 Å². The smallest absolute Gasteiger partial charge is 0.0985 e. The Balaban J connectivity index is 1.29. The van der Waals surface area contributed by atoms with Crippen molar-refractivity contribution in [3.05, 3.63) is 164 Å². The summed E-state index contributed by atoms with van der Waals surface area (Å²) in [5.41, 5.74) is 11.1. The Morgan fingerprint density at radius 1 is 0.412 bits per heavy atom. The molecule has 0 saturated carbocycles. The molecule has 236 valence electrons. The summed E-state index contributed by atoms with van der Waals surface area (Å²) in [4.78, 5) is 19.9. The van der Waals surface area contributed by atoms with Crippen molar-refractivity contribution in [3.8, 4) is 28.2 Å². The number of hydrogen-bond donors (Lipinski definition) is 0. The molecule has 5 heteroatoms. The van der Waals surface area contributed by atoms with Gasteiger partial charge in [-0.15, -0.1) is 0 Å². The van der Waals surface area contributed by atoms with Crippen LogP contribution in [0.5, 0.6) is 0 Å². The molecule has 0 aliphatic heterocycles. The van der Waals surface area contributed by atoms with Crippen molar-refractivity contribution in [2.45, 2.75) is 0 Å². The van der Waals surface area contributed by atoms with E-state index in [-0.39, 0.29) is 0 Å². The molecular weight excluding hydrogens is 623 g/mol. The van der Waals surface area contributed by atoms with E-state index in [1.807, 2.05) is 30.6 Å².